The number of aromatic nitrogens is 4. The maximum absolute atomic E-state index is 6.24. The molecule has 3 aromatic heterocycles. The minimum Gasteiger partial charge on any atom is -0.457 e. The summed E-state index contributed by atoms with van der Waals surface area (Å²) in [6.45, 7) is 3.56. The van der Waals surface area contributed by atoms with E-state index in [-0.39, 0.29) is 0 Å². The summed E-state index contributed by atoms with van der Waals surface area (Å²) in [7, 11) is 6.24. The van der Waals surface area contributed by atoms with Crippen molar-refractivity contribution in [1.82, 2.24) is 24.5 Å². The fourth-order valence-corrected chi connectivity index (χ4v) is 5.02. The fraction of sp³-hybridized carbons (Fsp3) is 0.233. The quantitative estimate of drug-likeness (QED) is 0.312. The van der Waals surface area contributed by atoms with Crippen LogP contribution in [-0.2, 0) is 13.1 Å². The molecule has 6 rings (SSSR count). The number of hydrogen-bond donors (Lipinski definition) is 1. The van der Waals surface area contributed by atoms with Gasteiger partial charge in [0.15, 0.2) is 5.65 Å². The topological polar surface area (TPSA) is 67.6 Å². The molecule has 5 aromatic rings. The van der Waals surface area contributed by atoms with Gasteiger partial charge in [0, 0.05) is 50.2 Å². The molecule has 1 aliphatic rings. The molecular weight excluding hydrogens is 471 g/mol. The molecular formula is C30H29BN6O. The summed E-state index contributed by atoms with van der Waals surface area (Å²) in [5, 5.41) is 7.96. The predicted octanol–water partition coefficient (Wildman–Crippen LogP) is 4.70. The molecule has 2 radical (unpaired) electrons. The van der Waals surface area contributed by atoms with Crippen molar-refractivity contribution >= 4 is 24.8 Å². The van der Waals surface area contributed by atoms with Crippen LogP contribution >= 0.6 is 0 Å². The Morgan fingerprint density at radius 1 is 0.947 bits per heavy atom. The number of pyridine rings is 1. The monoisotopic (exact) mass is 500 g/mol. The average molecular weight is 500 g/mol. The number of nitrogens with zero attached hydrogens (tertiary/aromatic N) is 5. The standard InChI is InChI=1S/C30H29BN6O/c31-27-19-34-37-29(33-18-23-6-4-14-32-17-23)16-28(35-30(27)37)24-7-5-15-36(21-24)20-22-10-12-26(13-11-22)38-25-8-2-1-3-9-25/h1-4,6,8-14,16-17,19,24,33H,5,7,15,18,20-21H2. The second kappa shape index (κ2) is 11.1. The van der Waals surface area contributed by atoms with Crippen LogP contribution in [0.4, 0.5) is 5.82 Å². The number of likely N-dealkylation sites (tertiary alicyclic amines) is 1. The molecule has 1 fully saturated rings. The summed E-state index contributed by atoms with van der Waals surface area (Å²) >= 11 is 0. The molecule has 0 aliphatic carbocycles. The van der Waals surface area contributed by atoms with Gasteiger partial charge in [-0.1, -0.05) is 36.4 Å². The first-order chi connectivity index (χ1) is 18.7. The van der Waals surface area contributed by atoms with Gasteiger partial charge in [0.25, 0.3) is 0 Å². The van der Waals surface area contributed by atoms with Gasteiger partial charge < -0.3 is 10.1 Å². The molecule has 1 aliphatic heterocycles. The van der Waals surface area contributed by atoms with Crippen LogP contribution in [0.3, 0.4) is 0 Å². The first kappa shape index (κ1) is 24.2. The molecule has 0 spiro atoms. The molecule has 1 atom stereocenters. The smallest absolute Gasteiger partial charge is 0.150 e. The van der Waals surface area contributed by atoms with Gasteiger partial charge in [-0.05, 0) is 66.3 Å². The molecule has 188 valence electrons. The number of piperidine rings is 1. The Hall–Kier alpha value is -4.17. The lowest BCUT2D eigenvalue weighted by Gasteiger charge is -2.32. The van der Waals surface area contributed by atoms with E-state index in [4.69, 9.17) is 17.6 Å². The van der Waals surface area contributed by atoms with Crippen molar-refractivity contribution in [3.05, 3.63) is 108 Å². The third-order valence-corrected chi connectivity index (χ3v) is 6.95. The van der Waals surface area contributed by atoms with Crippen molar-refractivity contribution in [2.75, 3.05) is 18.4 Å². The molecule has 4 heterocycles. The highest BCUT2D eigenvalue weighted by atomic mass is 16.5. The maximum atomic E-state index is 6.24. The minimum atomic E-state index is 0.322. The van der Waals surface area contributed by atoms with E-state index in [0.717, 1.165) is 61.1 Å². The second-order valence-corrected chi connectivity index (χ2v) is 9.75. The van der Waals surface area contributed by atoms with Gasteiger partial charge in [-0.15, -0.1) is 0 Å². The van der Waals surface area contributed by atoms with Crippen LogP contribution in [0.15, 0.2) is 91.4 Å². The van der Waals surface area contributed by atoms with Crippen molar-refractivity contribution < 1.29 is 4.74 Å². The highest BCUT2D eigenvalue weighted by Crippen LogP contribution is 2.29. The van der Waals surface area contributed by atoms with Crippen molar-refractivity contribution in [2.24, 2.45) is 0 Å². The van der Waals surface area contributed by atoms with E-state index >= 15 is 0 Å². The summed E-state index contributed by atoms with van der Waals surface area (Å²) in [6.07, 6.45) is 7.53. The minimum absolute atomic E-state index is 0.322. The highest BCUT2D eigenvalue weighted by molar-refractivity contribution is 6.36. The van der Waals surface area contributed by atoms with E-state index in [2.05, 4.69) is 44.6 Å². The fourth-order valence-electron chi connectivity index (χ4n) is 5.02. The third-order valence-electron chi connectivity index (χ3n) is 6.95. The Labute approximate surface area is 223 Å². The van der Waals surface area contributed by atoms with E-state index in [1.807, 2.05) is 54.7 Å². The van der Waals surface area contributed by atoms with Crippen LogP contribution in [0.5, 0.6) is 11.5 Å². The largest absolute Gasteiger partial charge is 0.457 e. The SMILES string of the molecule is [B]c1cnn2c(NCc3cccnc3)cc(C3CCCN(Cc4ccc(Oc5ccccc5)cc4)C3)nc12. The molecule has 8 heteroatoms. The van der Waals surface area contributed by atoms with Crippen molar-refractivity contribution in [2.45, 2.75) is 31.8 Å². The van der Waals surface area contributed by atoms with Gasteiger partial charge in [-0.2, -0.15) is 9.61 Å². The summed E-state index contributed by atoms with van der Waals surface area (Å²) in [5.41, 5.74) is 4.70. The van der Waals surface area contributed by atoms with Crippen LogP contribution in [0.2, 0.25) is 0 Å². The summed E-state index contributed by atoms with van der Waals surface area (Å²) < 4.78 is 7.73. The summed E-state index contributed by atoms with van der Waals surface area (Å²) in [4.78, 5) is 11.7. The first-order valence-corrected chi connectivity index (χ1v) is 13.0. The predicted molar refractivity (Wildman–Crippen MR) is 150 cm³/mol. The number of fused-ring (bicyclic) bond motifs is 1. The van der Waals surface area contributed by atoms with Crippen LogP contribution in [-0.4, -0.2) is 45.4 Å². The lowest BCUT2D eigenvalue weighted by atomic mass is 9.93. The van der Waals surface area contributed by atoms with Crippen LogP contribution in [0.25, 0.3) is 5.65 Å². The van der Waals surface area contributed by atoms with Crippen LogP contribution < -0.4 is 15.5 Å². The normalized spacial score (nSPS) is 15.9. The zero-order valence-corrected chi connectivity index (χ0v) is 21.2. The summed E-state index contributed by atoms with van der Waals surface area (Å²) in [5.74, 6) is 2.90. The van der Waals surface area contributed by atoms with Crippen molar-refractivity contribution in [3.63, 3.8) is 0 Å². The number of hydrogen-bond acceptors (Lipinski definition) is 6. The van der Waals surface area contributed by atoms with Gasteiger partial charge in [-0.3, -0.25) is 9.88 Å². The highest BCUT2D eigenvalue weighted by Gasteiger charge is 2.24. The van der Waals surface area contributed by atoms with E-state index in [0.29, 0.717) is 23.6 Å². The first-order valence-electron chi connectivity index (χ1n) is 13.0. The molecule has 1 N–H and O–H groups in total. The summed E-state index contributed by atoms with van der Waals surface area (Å²) in [6, 6.07) is 24.4. The van der Waals surface area contributed by atoms with Crippen molar-refractivity contribution in [1.29, 1.82) is 0 Å². The number of benzene rings is 2. The molecule has 1 saturated heterocycles. The Balaban J connectivity index is 1.15. The molecule has 7 nitrogen and oxygen atoms in total. The molecule has 38 heavy (non-hydrogen) atoms. The molecule has 0 bridgehead atoms. The van der Waals surface area contributed by atoms with Gasteiger partial charge in [0.2, 0.25) is 0 Å². The number of nitrogens with one attached hydrogen (secondary N) is 1. The van der Waals surface area contributed by atoms with Gasteiger partial charge in [0.05, 0.1) is 5.69 Å². The van der Waals surface area contributed by atoms with E-state index in [9.17, 15) is 0 Å². The maximum Gasteiger partial charge on any atom is 0.150 e. The molecule has 0 saturated carbocycles. The zero-order chi connectivity index (χ0) is 25.7. The van der Waals surface area contributed by atoms with Gasteiger partial charge in [0.1, 0.15) is 25.2 Å². The van der Waals surface area contributed by atoms with E-state index < -0.39 is 0 Å². The molecule has 0 amide bonds. The zero-order valence-electron chi connectivity index (χ0n) is 21.2. The van der Waals surface area contributed by atoms with E-state index in [1.165, 1.54) is 5.56 Å². The number of anilines is 1. The third kappa shape index (κ3) is 5.55. The number of para-hydroxylation sites is 1. The second-order valence-electron chi connectivity index (χ2n) is 9.75. The Morgan fingerprint density at radius 2 is 1.79 bits per heavy atom. The van der Waals surface area contributed by atoms with Crippen molar-refractivity contribution in [3.8, 4) is 11.5 Å². The Morgan fingerprint density at radius 3 is 2.61 bits per heavy atom. The lowest BCUT2D eigenvalue weighted by Crippen LogP contribution is -2.34. The average Bonchev–Trinajstić information content (AvgIpc) is 3.34. The van der Waals surface area contributed by atoms with E-state index in [1.54, 1.807) is 16.9 Å². The Kier molecular flexibility index (Phi) is 7.04. The Bertz CT molecular complexity index is 1490. The van der Waals surface area contributed by atoms with Gasteiger partial charge in [-0.25, -0.2) is 4.98 Å². The van der Waals surface area contributed by atoms with Gasteiger partial charge >= 0.3 is 0 Å². The number of ether oxygens (including phenoxy) is 1. The van der Waals surface area contributed by atoms with Crippen LogP contribution in [0.1, 0.15) is 35.6 Å². The number of rotatable bonds is 8. The van der Waals surface area contributed by atoms with Crippen LogP contribution in [0, 0.1) is 0 Å². The molecule has 1 unspecified atom stereocenters. The molecule has 2 aromatic carbocycles. The lowest BCUT2D eigenvalue weighted by molar-refractivity contribution is 0.198.